The number of fused-ring (bicyclic) bond motifs is 1. The van der Waals surface area contributed by atoms with Gasteiger partial charge in [0, 0.05) is 25.2 Å². The molecule has 5 heteroatoms. The van der Waals surface area contributed by atoms with Gasteiger partial charge in [0.1, 0.15) is 5.75 Å². The van der Waals surface area contributed by atoms with Crippen LogP contribution in [0.3, 0.4) is 0 Å². The van der Waals surface area contributed by atoms with Gasteiger partial charge < -0.3 is 15.4 Å². The Balaban J connectivity index is 0.00000225. The summed E-state index contributed by atoms with van der Waals surface area (Å²) >= 11 is 0. The molecule has 0 aromatic heterocycles. The second kappa shape index (κ2) is 8.88. The van der Waals surface area contributed by atoms with E-state index in [0.717, 1.165) is 42.9 Å². The lowest BCUT2D eigenvalue weighted by molar-refractivity contribution is 0.0734. The molecule has 1 aliphatic heterocycles. The van der Waals surface area contributed by atoms with Crippen LogP contribution in [0.4, 0.5) is 0 Å². The van der Waals surface area contributed by atoms with E-state index in [1.54, 1.807) is 0 Å². The summed E-state index contributed by atoms with van der Waals surface area (Å²) in [6, 6.07) is 13.8. The van der Waals surface area contributed by atoms with Gasteiger partial charge in [0.25, 0.3) is 5.91 Å². The maximum atomic E-state index is 12.7. The number of carbonyl (C=O) groups is 1. The molecule has 0 unspecified atom stereocenters. The molecule has 134 valence electrons. The summed E-state index contributed by atoms with van der Waals surface area (Å²) < 4.78 is 5.70. The van der Waals surface area contributed by atoms with Gasteiger partial charge in [-0.25, -0.2) is 0 Å². The van der Waals surface area contributed by atoms with E-state index in [2.05, 4.69) is 19.1 Å². The average Bonchev–Trinajstić information content (AvgIpc) is 2.65. The first-order chi connectivity index (χ1) is 11.7. The Morgan fingerprint density at radius 2 is 1.92 bits per heavy atom. The number of ether oxygens (including phenoxy) is 1. The average molecular weight is 361 g/mol. The van der Waals surface area contributed by atoms with Crippen LogP contribution in [0.2, 0.25) is 0 Å². The molecule has 2 N–H and O–H groups in total. The van der Waals surface area contributed by atoms with Gasteiger partial charge in [-0.15, -0.1) is 12.4 Å². The number of hydrogen-bond donors (Lipinski definition) is 1. The van der Waals surface area contributed by atoms with Crippen molar-refractivity contribution in [1.29, 1.82) is 0 Å². The maximum Gasteiger partial charge on any atom is 0.254 e. The van der Waals surface area contributed by atoms with E-state index in [0.29, 0.717) is 13.1 Å². The minimum atomic E-state index is 0. The lowest BCUT2D eigenvalue weighted by atomic mass is 9.98. The number of nitrogens with zero attached hydrogens (tertiary/aromatic N) is 1. The van der Waals surface area contributed by atoms with E-state index in [-0.39, 0.29) is 18.3 Å². The zero-order valence-electron chi connectivity index (χ0n) is 14.5. The van der Waals surface area contributed by atoms with Crippen LogP contribution in [0.5, 0.6) is 5.75 Å². The fraction of sp³-hybridized carbons (Fsp3) is 0.350. The molecule has 4 nitrogen and oxygen atoms in total. The summed E-state index contributed by atoms with van der Waals surface area (Å²) in [5, 5.41) is 0. The molecule has 1 aliphatic rings. The molecular weight excluding hydrogens is 336 g/mol. The Morgan fingerprint density at radius 3 is 2.60 bits per heavy atom. The van der Waals surface area contributed by atoms with Crippen molar-refractivity contribution in [3.63, 3.8) is 0 Å². The highest BCUT2D eigenvalue weighted by Gasteiger charge is 2.22. The highest BCUT2D eigenvalue weighted by atomic mass is 35.5. The van der Waals surface area contributed by atoms with Gasteiger partial charge in [-0.3, -0.25) is 4.79 Å². The molecule has 2 aromatic carbocycles. The molecule has 1 heterocycles. The van der Waals surface area contributed by atoms with Crippen molar-refractivity contribution >= 4 is 18.3 Å². The summed E-state index contributed by atoms with van der Waals surface area (Å²) in [7, 11) is 0. The second-order valence-corrected chi connectivity index (χ2v) is 6.16. The summed E-state index contributed by atoms with van der Waals surface area (Å²) in [5.41, 5.74) is 9.86. The molecule has 0 bridgehead atoms. The molecule has 0 fully saturated rings. The quantitative estimate of drug-likeness (QED) is 0.887. The van der Waals surface area contributed by atoms with Crippen molar-refractivity contribution in [3.05, 3.63) is 64.7 Å². The second-order valence-electron chi connectivity index (χ2n) is 6.16. The zero-order chi connectivity index (χ0) is 16.9. The maximum absolute atomic E-state index is 12.7. The van der Waals surface area contributed by atoms with Crippen molar-refractivity contribution in [3.8, 4) is 5.75 Å². The molecule has 0 spiro atoms. The topological polar surface area (TPSA) is 55.6 Å². The van der Waals surface area contributed by atoms with Gasteiger partial charge >= 0.3 is 0 Å². The van der Waals surface area contributed by atoms with Crippen LogP contribution < -0.4 is 10.5 Å². The Kier molecular flexibility index (Phi) is 6.85. The summed E-state index contributed by atoms with van der Waals surface area (Å²) in [5.74, 6) is 1.00. The Labute approximate surface area is 155 Å². The van der Waals surface area contributed by atoms with E-state index < -0.39 is 0 Å². The van der Waals surface area contributed by atoms with Crippen molar-refractivity contribution in [2.24, 2.45) is 5.73 Å². The third-order valence-corrected chi connectivity index (χ3v) is 4.39. The van der Waals surface area contributed by atoms with Crippen molar-refractivity contribution in [2.45, 2.75) is 32.9 Å². The fourth-order valence-electron chi connectivity index (χ4n) is 2.98. The number of nitrogens with two attached hydrogens (primary N) is 1. The predicted molar refractivity (Wildman–Crippen MR) is 102 cm³/mol. The normalized spacial score (nSPS) is 13.0. The van der Waals surface area contributed by atoms with Gasteiger partial charge in [0.05, 0.1) is 6.61 Å². The standard InChI is InChI=1S/C20H24N2O2.ClH/c1-2-11-24-19-8-7-18-14-22(10-9-17(18)12-19)20(23)16-5-3-15(13-21)4-6-16;/h3-8,12H,2,9-11,13-14,21H2,1H3;1H. The molecule has 0 saturated heterocycles. The van der Waals surface area contributed by atoms with E-state index in [1.165, 1.54) is 11.1 Å². The summed E-state index contributed by atoms with van der Waals surface area (Å²) in [6.07, 6.45) is 1.87. The zero-order valence-corrected chi connectivity index (χ0v) is 15.3. The Hall–Kier alpha value is -2.04. The molecular formula is C20H25ClN2O2. The van der Waals surface area contributed by atoms with Gasteiger partial charge in [0.15, 0.2) is 0 Å². The van der Waals surface area contributed by atoms with Crippen LogP contribution in [0.1, 0.15) is 40.4 Å². The first kappa shape index (κ1) is 19.3. The first-order valence-corrected chi connectivity index (χ1v) is 8.54. The number of hydrogen-bond acceptors (Lipinski definition) is 3. The third-order valence-electron chi connectivity index (χ3n) is 4.39. The number of carbonyl (C=O) groups excluding carboxylic acids is 1. The van der Waals surface area contributed by atoms with E-state index in [1.807, 2.05) is 35.2 Å². The number of rotatable bonds is 5. The predicted octanol–water partition coefficient (Wildman–Crippen LogP) is 3.55. The highest BCUT2D eigenvalue weighted by Crippen LogP contribution is 2.25. The Morgan fingerprint density at radius 1 is 1.16 bits per heavy atom. The Bertz CT molecular complexity index is 716. The number of amides is 1. The third kappa shape index (κ3) is 4.53. The van der Waals surface area contributed by atoms with Crippen molar-refractivity contribution < 1.29 is 9.53 Å². The fourth-order valence-corrected chi connectivity index (χ4v) is 2.98. The van der Waals surface area contributed by atoms with Crippen LogP contribution in [0, 0.1) is 0 Å². The van der Waals surface area contributed by atoms with Crippen molar-refractivity contribution in [1.82, 2.24) is 4.90 Å². The summed E-state index contributed by atoms with van der Waals surface area (Å²) in [6.45, 7) is 4.72. The van der Waals surface area contributed by atoms with Gasteiger partial charge in [0.2, 0.25) is 0 Å². The minimum Gasteiger partial charge on any atom is -0.494 e. The number of halogens is 1. The first-order valence-electron chi connectivity index (χ1n) is 8.54. The molecule has 0 saturated carbocycles. The van der Waals surface area contributed by atoms with Gasteiger partial charge in [-0.2, -0.15) is 0 Å². The van der Waals surface area contributed by atoms with Crippen LogP contribution in [0.15, 0.2) is 42.5 Å². The van der Waals surface area contributed by atoms with Gasteiger partial charge in [-0.1, -0.05) is 25.1 Å². The van der Waals surface area contributed by atoms with Crippen LogP contribution >= 0.6 is 12.4 Å². The lowest BCUT2D eigenvalue weighted by Gasteiger charge is -2.29. The van der Waals surface area contributed by atoms with E-state index in [4.69, 9.17) is 10.5 Å². The molecule has 0 radical (unpaired) electrons. The monoisotopic (exact) mass is 360 g/mol. The molecule has 2 aromatic rings. The van der Waals surface area contributed by atoms with Gasteiger partial charge in [-0.05, 0) is 53.8 Å². The van der Waals surface area contributed by atoms with E-state index >= 15 is 0 Å². The molecule has 1 amide bonds. The van der Waals surface area contributed by atoms with Crippen molar-refractivity contribution in [2.75, 3.05) is 13.2 Å². The molecule has 0 aliphatic carbocycles. The molecule has 25 heavy (non-hydrogen) atoms. The SMILES string of the molecule is CCCOc1ccc2c(c1)CCN(C(=O)c1ccc(CN)cc1)C2.Cl. The largest absolute Gasteiger partial charge is 0.494 e. The van der Waals surface area contributed by atoms with E-state index in [9.17, 15) is 4.79 Å². The number of benzene rings is 2. The van der Waals surface area contributed by atoms with Crippen LogP contribution in [-0.4, -0.2) is 24.0 Å². The lowest BCUT2D eigenvalue weighted by Crippen LogP contribution is -2.35. The summed E-state index contributed by atoms with van der Waals surface area (Å²) in [4.78, 5) is 14.6. The minimum absolute atomic E-state index is 0. The highest BCUT2D eigenvalue weighted by molar-refractivity contribution is 5.94. The van der Waals surface area contributed by atoms with Crippen LogP contribution in [0.25, 0.3) is 0 Å². The molecule has 3 rings (SSSR count). The smallest absolute Gasteiger partial charge is 0.254 e. The molecule has 0 atom stereocenters. The van der Waals surface area contributed by atoms with Crippen LogP contribution in [-0.2, 0) is 19.5 Å².